The van der Waals surface area contributed by atoms with Crippen LogP contribution in [0.15, 0.2) is 18.2 Å². The SMILES string of the molecule is NCC1CCCC1NCc1ccc2c(c1)OCO2. The predicted molar refractivity (Wildman–Crippen MR) is 69.6 cm³/mol. The van der Waals surface area contributed by atoms with Crippen molar-refractivity contribution in [2.45, 2.75) is 31.8 Å². The van der Waals surface area contributed by atoms with Crippen molar-refractivity contribution in [2.24, 2.45) is 11.7 Å². The second kappa shape index (κ2) is 5.16. The summed E-state index contributed by atoms with van der Waals surface area (Å²) < 4.78 is 10.7. The minimum absolute atomic E-state index is 0.337. The average molecular weight is 248 g/mol. The molecular weight excluding hydrogens is 228 g/mol. The Labute approximate surface area is 107 Å². The van der Waals surface area contributed by atoms with E-state index in [2.05, 4.69) is 17.4 Å². The van der Waals surface area contributed by atoms with Gasteiger partial charge in [0.15, 0.2) is 11.5 Å². The van der Waals surface area contributed by atoms with E-state index in [9.17, 15) is 0 Å². The molecule has 1 aromatic rings. The van der Waals surface area contributed by atoms with Crippen LogP contribution in [-0.2, 0) is 6.54 Å². The highest BCUT2D eigenvalue weighted by Gasteiger charge is 2.25. The molecule has 1 fully saturated rings. The van der Waals surface area contributed by atoms with Crippen LogP contribution in [0.1, 0.15) is 24.8 Å². The van der Waals surface area contributed by atoms with Gasteiger partial charge in [0.1, 0.15) is 0 Å². The lowest BCUT2D eigenvalue weighted by atomic mass is 10.0. The minimum Gasteiger partial charge on any atom is -0.454 e. The topological polar surface area (TPSA) is 56.5 Å². The molecule has 2 atom stereocenters. The van der Waals surface area contributed by atoms with Crippen molar-refractivity contribution in [3.05, 3.63) is 23.8 Å². The van der Waals surface area contributed by atoms with Crippen molar-refractivity contribution in [1.82, 2.24) is 5.32 Å². The van der Waals surface area contributed by atoms with E-state index in [-0.39, 0.29) is 0 Å². The number of rotatable bonds is 4. The second-order valence-corrected chi connectivity index (χ2v) is 5.10. The van der Waals surface area contributed by atoms with Crippen molar-refractivity contribution in [2.75, 3.05) is 13.3 Å². The van der Waals surface area contributed by atoms with E-state index < -0.39 is 0 Å². The Bertz CT molecular complexity index is 422. The fraction of sp³-hybridized carbons (Fsp3) is 0.571. The molecule has 1 aliphatic carbocycles. The highest BCUT2D eigenvalue weighted by Crippen LogP contribution is 2.32. The zero-order valence-electron chi connectivity index (χ0n) is 10.5. The third kappa shape index (κ3) is 2.31. The summed E-state index contributed by atoms with van der Waals surface area (Å²) in [5.41, 5.74) is 7.03. The molecular formula is C14H20N2O2. The molecule has 0 bridgehead atoms. The summed E-state index contributed by atoms with van der Waals surface area (Å²) in [5.74, 6) is 2.34. The molecule has 0 radical (unpaired) electrons. The summed E-state index contributed by atoms with van der Waals surface area (Å²) in [6.45, 7) is 2.00. The molecule has 0 saturated heterocycles. The number of ether oxygens (including phenoxy) is 2. The van der Waals surface area contributed by atoms with Gasteiger partial charge in [-0.1, -0.05) is 12.5 Å². The predicted octanol–water partition coefficient (Wildman–Crippen LogP) is 1.63. The molecule has 3 N–H and O–H groups in total. The molecule has 2 aliphatic rings. The van der Waals surface area contributed by atoms with Crippen LogP contribution in [0, 0.1) is 5.92 Å². The van der Waals surface area contributed by atoms with E-state index in [0.717, 1.165) is 24.6 Å². The van der Waals surface area contributed by atoms with Crippen molar-refractivity contribution in [3.8, 4) is 11.5 Å². The van der Waals surface area contributed by atoms with Crippen molar-refractivity contribution >= 4 is 0 Å². The molecule has 0 amide bonds. The lowest BCUT2D eigenvalue weighted by molar-refractivity contribution is 0.174. The number of hydrogen-bond donors (Lipinski definition) is 2. The summed E-state index contributed by atoms with van der Waals surface area (Å²) in [7, 11) is 0. The van der Waals surface area contributed by atoms with Gasteiger partial charge in [0.05, 0.1) is 0 Å². The van der Waals surface area contributed by atoms with Crippen LogP contribution in [0.5, 0.6) is 11.5 Å². The highest BCUT2D eigenvalue weighted by atomic mass is 16.7. The first-order valence-electron chi connectivity index (χ1n) is 6.69. The molecule has 4 heteroatoms. The maximum Gasteiger partial charge on any atom is 0.231 e. The van der Waals surface area contributed by atoms with Gasteiger partial charge in [-0.2, -0.15) is 0 Å². The van der Waals surface area contributed by atoms with E-state index >= 15 is 0 Å². The Kier molecular flexibility index (Phi) is 3.39. The van der Waals surface area contributed by atoms with E-state index in [0.29, 0.717) is 18.8 Å². The molecule has 4 nitrogen and oxygen atoms in total. The number of nitrogens with one attached hydrogen (secondary N) is 1. The summed E-state index contributed by atoms with van der Waals surface area (Å²) in [6, 6.07) is 6.70. The van der Waals surface area contributed by atoms with Gasteiger partial charge in [-0.15, -0.1) is 0 Å². The molecule has 1 aromatic carbocycles. The quantitative estimate of drug-likeness (QED) is 0.850. The zero-order valence-corrected chi connectivity index (χ0v) is 10.5. The number of nitrogens with two attached hydrogens (primary N) is 1. The normalized spacial score (nSPS) is 25.6. The Morgan fingerprint density at radius 2 is 2.11 bits per heavy atom. The first-order valence-corrected chi connectivity index (χ1v) is 6.69. The van der Waals surface area contributed by atoms with Gasteiger partial charge in [0.2, 0.25) is 6.79 Å². The number of benzene rings is 1. The van der Waals surface area contributed by atoms with Gasteiger partial charge in [0, 0.05) is 12.6 Å². The van der Waals surface area contributed by atoms with Crippen LogP contribution in [0.2, 0.25) is 0 Å². The van der Waals surface area contributed by atoms with Crippen LogP contribution in [0.3, 0.4) is 0 Å². The van der Waals surface area contributed by atoms with Crippen molar-refractivity contribution in [3.63, 3.8) is 0 Å². The molecule has 1 saturated carbocycles. The minimum atomic E-state index is 0.337. The number of fused-ring (bicyclic) bond motifs is 1. The van der Waals surface area contributed by atoms with E-state index in [1.54, 1.807) is 0 Å². The highest BCUT2D eigenvalue weighted by molar-refractivity contribution is 5.44. The third-order valence-corrected chi connectivity index (χ3v) is 3.97. The van der Waals surface area contributed by atoms with E-state index in [4.69, 9.17) is 15.2 Å². The lowest BCUT2D eigenvalue weighted by Crippen LogP contribution is -2.35. The van der Waals surface area contributed by atoms with Gasteiger partial charge < -0.3 is 20.5 Å². The fourth-order valence-electron chi connectivity index (χ4n) is 2.89. The van der Waals surface area contributed by atoms with Crippen LogP contribution in [0.4, 0.5) is 0 Å². The molecule has 0 aromatic heterocycles. The standard InChI is InChI=1S/C14H20N2O2/c15-7-11-2-1-3-12(11)16-8-10-4-5-13-14(6-10)18-9-17-13/h4-6,11-12,16H,1-3,7-9,15H2. The van der Waals surface area contributed by atoms with E-state index in [1.165, 1.54) is 24.8 Å². The van der Waals surface area contributed by atoms with Gasteiger partial charge in [0.25, 0.3) is 0 Å². The van der Waals surface area contributed by atoms with Gasteiger partial charge in [-0.25, -0.2) is 0 Å². The monoisotopic (exact) mass is 248 g/mol. The Balaban J connectivity index is 1.60. The van der Waals surface area contributed by atoms with Crippen LogP contribution in [0.25, 0.3) is 0 Å². The molecule has 2 unspecified atom stereocenters. The Morgan fingerprint density at radius 1 is 1.22 bits per heavy atom. The molecule has 3 rings (SSSR count). The van der Waals surface area contributed by atoms with Crippen LogP contribution in [-0.4, -0.2) is 19.4 Å². The summed E-state index contributed by atoms with van der Waals surface area (Å²) in [6.07, 6.45) is 3.79. The Hall–Kier alpha value is -1.26. The lowest BCUT2D eigenvalue weighted by Gasteiger charge is -2.19. The average Bonchev–Trinajstić information content (AvgIpc) is 3.04. The second-order valence-electron chi connectivity index (χ2n) is 5.10. The van der Waals surface area contributed by atoms with Gasteiger partial charge in [-0.05, 0) is 43.0 Å². The smallest absolute Gasteiger partial charge is 0.231 e. The largest absolute Gasteiger partial charge is 0.454 e. The first kappa shape index (κ1) is 11.8. The molecule has 98 valence electrons. The van der Waals surface area contributed by atoms with Gasteiger partial charge in [-0.3, -0.25) is 0 Å². The maximum atomic E-state index is 5.79. The molecule has 1 heterocycles. The summed E-state index contributed by atoms with van der Waals surface area (Å²) in [5, 5.41) is 3.61. The van der Waals surface area contributed by atoms with Crippen molar-refractivity contribution in [1.29, 1.82) is 0 Å². The summed E-state index contributed by atoms with van der Waals surface area (Å²) in [4.78, 5) is 0. The van der Waals surface area contributed by atoms with E-state index in [1.807, 2.05) is 6.07 Å². The third-order valence-electron chi connectivity index (χ3n) is 3.97. The molecule has 1 aliphatic heterocycles. The van der Waals surface area contributed by atoms with Crippen molar-refractivity contribution < 1.29 is 9.47 Å². The zero-order chi connectivity index (χ0) is 12.4. The van der Waals surface area contributed by atoms with Crippen LogP contribution < -0.4 is 20.5 Å². The number of hydrogen-bond acceptors (Lipinski definition) is 4. The Morgan fingerprint density at radius 3 is 3.00 bits per heavy atom. The molecule has 0 spiro atoms. The summed E-state index contributed by atoms with van der Waals surface area (Å²) >= 11 is 0. The molecule has 18 heavy (non-hydrogen) atoms. The first-order chi connectivity index (χ1) is 8.86. The maximum absolute atomic E-state index is 5.79. The fourth-order valence-corrected chi connectivity index (χ4v) is 2.89. The van der Waals surface area contributed by atoms with Gasteiger partial charge >= 0.3 is 0 Å². The van der Waals surface area contributed by atoms with Crippen LogP contribution >= 0.6 is 0 Å².